The summed E-state index contributed by atoms with van der Waals surface area (Å²) in [4.78, 5) is 3.80. The van der Waals surface area contributed by atoms with Crippen molar-refractivity contribution in [1.29, 1.82) is 5.26 Å². The lowest BCUT2D eigenvalue weighted by Crippen LogP contribution is -2.29. The largest absolute Gasteiger partial charge is 0.244 e. The molecule has 0 fully saturated rings. The van der Waals surface area contributed by atoms with E-state index in [-0.39, 0.29) is 18.2 Å². The first kappa shape index (κ1) is 13.9. The zero-order valence-corrected chi connectivity index (χ0v) is 10.8. The van der Waals surface area contributed by atoms with Crippen molar-refractivity contribution in [2.45, 2.75) is 12.7 Å². The van der Waals surface area contributed by atoms with Crippen molar-refractivity contribution in [3.63, 3.8) is 0 Å². The molecular formula is C10H12ClN3O2S. The van der Waals surface area contributed by atoms with Gasteiger partial charge in [0.2, 0.25) is 10.0 Å². The van der Waals surface area contributed by atoms with Gasteiger partial charge in [0, 0.05) is 12.7 Å². The molecule has 0 aliphatic heterocycles. The molecule has 1 aromatic heterocycles. The van der Waals surface area contributed by atoms with Gasteiger partial charge in [0.15, 0.2) is 0 Å². The van der Waals surface area contributed by atoms with E-state index in [4.69, 9.17) is 16.9 Å². The number of hydrogen-bond donors (Lipinski definition) is 1. The highest BCUT2D eigenvalue weighted by Crippen LogP contribution is 2.08. The highest BCUT2D eigenvalue weighted by Gasteiger charge is 2.13. The molecule has 1 unspecified atom stereocenters. The van der Waals surface area contributed by atoms with E-state index in [9.17, 15) is 8.42 Å². The molecule has 7 heteroatoms. The first-order chi connectivity index (χ1) is 7.93. The van der Waals surface area contributed by atoms with Gasteiger partial charge in [-0.3, -0.25) is 0 Å². The number of aromatic nitrogens is 1. The number of hydrogen-bond acceptors (Lipinski definition) is 4. The summed E-state index contributed by atoms with van der Waals surface area (Å²) in [5, 5.41) is 8.86. The minimum Gasteiger partial charge on any atom is -0.244 e. The third-order valence-electron chi connectivity index (χ3n) is 1.98. The average Bonchev–Trinajstić information content (AvgIpc) is 2.29. The molecule has 0 aliphatic carbocycles. The number of nitrogens with one attached hydrogen (secondary N) is 1. The van der Waals surface area contributed by atoms with Crippen molar-refractivity contribution in [3.05, 3.63) is 29.0 Å². The van der Waals surface area contributed by atoms with Gasteiger partial charge in [0.1, 0.15) is 5.15 Å². The molecular weight excluding hydrogens is 262 g/mol. The molecule has 0 saturated heterocycles. The highest BCUT2D eigenvalue weighted by molar-refractivity contribution is 7.88. The van der Waals surface area contributed by atoms with Crippen LogP contribution in [0.25, 0.3) is 0 Å². The van der Waals surface area contributed by atoms with Gasteiger partial charge in [0.25, 0.3) is 0 Å². The lowest BCUT2D eigenvalue weighted by Gasteiger charge is -2.07. The average molecular weight is 274 g/mol. The van der Waals surface area contributed by atoms with Gasteiger partial charge in [-0.2, -0.15) is 5.26 Å². The minimum atomic E-state index is -3.44. The van der Waals surface area contributed by atoms with E-state index in [0.717, 1.165) is 0 Å². The van der Waals surface area contributed by atoms with E-state index in [1.807, 2.05) is 6.07 Å². The Morgan fingerprint density at radius 3 is 2.82 bits per heavy atom. The third kappa shape index (κ3) is 5.13. The fraction of sp³-hybridized carbons (Fsp3) is 0.400. The number of nitrogens with zero attached hydrogens (tertiary/aromatic N) is 2. The summed E-state index contributed by atoms with van der Waals surface area (Å²) in [6.07, 6.45) is 1.41. The van der Waals surface area contributed by atoms with Crippen LogP contribution in [0.1, 0.15) is 12.5 Å². The number of pyridine rings is 1. The maximum absolute atomic E-state index is 11.6. The Morgan fingerprint density at radius 2 is 2.29 bits per heavy atom. The van der Waals surface area contributed by atoms with E-state index in [1.54, 1.807) is 13.0 Å². The van der Waals surface area contributed by atoms with Gasteiger partial charge < -0.3 is 0 Å². The molecule has 92 valence electrons. The van der Waals surface area contributed by atoms with Crippen molar-refractivity contribution in [2.24, 2.45) is 5.92 Å². The van der Waals surface area contributed by atoms with Crippen molar-refractivity contribution in [2.75, 3.05) is 6.54 Å². The van der Waals surface area contributed by atoms with E-state index in [0.29, 0.717) is 10.7 Å². The normalized spacial score (nSPS) is 13.0. The van der Waals surface area contributed by atoms with Crippen LogP contribution in [0, 0.1) is 17.2 Å². The second kappa shape index (κ2) is 5.96. The van der Waals surface area contributed by atoms with Crippen LogP contribution in [0.3, 0.4) is 0 Å². The predicted octanol–water partition coefficient (Wildman–Crippen LogP) is 1.31. The van der Waals surface area contributed by atoms with E-state index < -0.39 is 10.0 Å². The molecule has 0 saturated carbocycles. The van der Waals surface area contributed by atoms with E-state index >= 15 is 0 Å². The molecule has 0 spiro atoms. The van der Waals surface area contributed by atoms with Gasteiger partial charge in [-0.1, -0.05) is 17.7 Å². The number of rotatable bonds is 5. The van der Waals surface area contributed by atoms with Crippen LogP contribution in [0.5, 0.6) is 0 Å². The number of sulfonamides is 1. The quantitative estimate of drug-likeness (QED) is 0.820. The monoisotopic (exact) mass is 273 g/mol. The van der Waals surface area contributed by atoms with Crippen molar-refractivity contribution >= 4 is 21.6 Å². The molecule has 0 aliphatic rings. The highest BCUT2D eigenvalue weighted by atomic mass is 35.5. The predicted molar refractivity (Wildman–Crippen MR) is 64.7 cm³/mol. The Balaban J connectivity index is 2.61. The van der Waals surface area contributed by atoms with Crippen LogP contribution >= 0.6 is 11.6 Å². The van der Waals surface area contributed by atoms with Crippen molar-refractivity contribution in [3.8, 4) is 6.07 Å². The SMILES string of the molecule is CC(C#N)CNS(=O)(=O)Cc1ccc(Cl)nc1. The standard InChI is InChI=1S/C10H12ClN3O2S/c1-8(4-12)5-14-17(15,16)7-9-2-3-10(11)13-6-9/h2-3,6,8,14H,5,7H2,1H3. The maximum Gasteiger partial charge on any atom is 0.215 e. The third-order valence-corrected chi connectivity index (χ3v) is 3.52. The van der Waals surface area contributed by atoms with Crippen LogP contribution in [-0.4, -0.2) is 19.9 Å². The van der Waals surface area contributed by atoms with Crippen LogP contribution in [-0.2, 0) is 15.8 Å². The van der Waals surface area contributed by atoms with Crippen LogP contribution in [0.4, 0.5) is 0 Å². The lowest BCUT2D eigenvalue weighted by molar-refractivity contribution is 0.572. The summed E-state index contributed by atoms with van der Waals surface area (Å²) in [7, 11) is -3.44. The van der Waals surface area contributed by atoms with Gasteiger partial charge in [-0.25, -0.2) is 18.1 Å². The first-order valence-electron chi connectivity index (χ1n) is 4.90. The molecule has 0 amide bonds. The van der Waals surface area contributed by atoms with Gasteiger partial charge in [-0.15, -0.1) is 0 Å². The Labute approximate surface area is 105 Å². The maximum atomic E-state index is 11.6. The summed E-state index contributed by atoms with van der Waals surface area (Å²) in [5.74, 6) is -0.525. The van der Waals surface area contributed by atoms with E-state index in [2.05, 4.69) is 9.71 Å². The topological polar surface area (TPSA) is 82.9 Å². The fourth-order valence-electron chi connectivity index (χ4n) is 1.06. The van der Waals surface area contributed by atoms with Crippen molar-refractivity contribution < 1.29 is 8.42 Å². The molecule has 0 aromatic carbocycles. The molecule has 0 radical (unpaired) electrons. The minimum absolute atomic E-state index is 0.111. The van der Waals surface area contributed by atoms with Crippen LogP contribution in [0.2, 0.25) is 5.15 Å². The molecule has 17 heavy (non-hydrogen) atoms. The molecule has 0 bridgehead atoms. The summed E-state index contributed by atoms with van der Waals surface area (Å²) in [5.41, 5.74) is 0.548. The Hall–Kier alpha value is -1.16. The van der Waals surface area contributed by atoms with Crippen LogP contribution < -0.4 is 4.72 Å². The van der Waals surface area contributed by atoms with Crippen LogP contribution in [0.15, 0.2) is 18.3 Å². The fourth-order valence-corrected chi connectivity index (χ4v) is 2.39. The van der Waals surface area contributed by atoms with E-state index in [1.165, 1.54) is 12.3 Å². The Kier molecular flexibility index (Phi) is 4.87. The summed E-state index contributed by atoms with van der Waals surface area (Å²) < 4.78 is 25.6. The zero-order chi connectivity index (χ0) is 12.9. The number of nitriles is 1. The molecule has 1 N–H and O–H groups in total. The van der Waals surface area contributed by atoms with Crippen molar-refractivity contribution in [1.82, 2.24) is 9.71 Å². The summed E-state index contributed by atoms with van der Waals surface area (Å²) in [6, 6.07) is 5.08. The molecule has 1 atom stereocenters. The zero-order valence-electron chi connectivity index (χ0n) is 9.22. The molecule has 5 nitrogen and oxygen atoms in total. The summed E-state index contributed by atoms with van der Waals surface area (Å²) in [6.45, 7) is 1.76. The Morgan fingerprint density at radius 1 is 1.59 bits per heavy atom. The molecule has 1 heterocycles. The first-order valence-corrected chi connectivity index (χ1v) is 6.93. The molecule has 1 rings (SSSR count). The molecule has 1 aromatic rings. The van der Waals surface area contributed by atoms with Gasteiger partial charge in [-0.05, 0) is 18.6 Å². The van der Waals surface area contributed by atoms with Gasteiger partial charge >= 0.3 is 0 Å². The second-order valence-electron chi connectivity index (χ2n) is 3.63. The lowest BCUT2D eigenvalue weighted by atomic mass is 10.2. The smallest absolute Gasteiger partial charge is 0.215 e. The summed E-state index contributed by atoms with van der Waals surface area (Å²) >= 11 is 5.59. The number of halogens is 1. The Bertz CT molecular complexity index is 507. The second-order valence-corrected chi connectivity index (χ2v) is 5.82. The van der Waals surface area contributed by atoms with Gasteiger partial charge in [0.05, 0.1) is 17.7 Å².